The number of benzene rings is 2. The van der Waals surface area contributed by atoms with Crippen LogP contribution in [-0.2, 0) is 0 Å². The molecule has 0 fully saturated rings. The highest BCUT2D eigenvalue weighted by atomic mass is 35.5. The number of thioether (sulfide) groups is 1. The number of ketones is 1. The van der Waals surface area contributed by atoms with Gasteiger partial charge in [-0.05, 0) is 37.6 Å². The predicted octanol–water partition coefficient (Wildman–Crippen LogP) is 4.93. The van der Waals surface area contributed by atoms with Gasteiger partial charge < -0.3 is 0 Å². The summed E-state index contributed by atoms with van der Waals surface area (Å²) in [5.41, 5.74) is 3.12. The maximum Gasteiger partial charge on any atom is 0.173 e. The SMILES string of the molecule is Cc1ccc(SCC(=O)c2cccc(Cl)c2)c(C)c1. The van der Waals surface area contributed by atoms with E-state index in [0.29, 0.717) is 16.3 Å². The van der Waals surface area contributed by atoms with Crippen LogP contribution in [0.2, 0.25) is 5.02 Å². The topological polar surface area (TPSA) is 17.1 Å². The van der Waals surface area contributed by atoms with Crippen molar-refractivity contribution in [3.05, 3.63) is 64.2 Å². The Balaban J connectivity index is 2.04. The van der Waals surface area contributed by atoms with Crippen molar-refractivity contribution in [1.82, 2.24) is 0 Å². The van der Waals surface area contributed by atoms with Gasteiger partial charge in [0.15, 0.2) is 5.78 Å². The Morgan fingerprint density at radius 3 is 2.63 bits per heavy atom. The third-order valence-corrected chi connectivity index (χ3v) is 4.25. The zero-order chi connectivity index (χ0) is 13.8. The molecular weight excluding hydrogens is 276 g/mol. The van der Waals surface area contributed by atoms with Crippen LogP contribution in [0.3, 0.4) is 0 Å². The molecule has 0 aliphatic carbocycles. The van der Waals surface area contributed by atoms with Crippen LogP contribution in [0.5, 0.6) is 0 Å². The molecule has 0 heterocycles. The Hall–Kier alpha value is -1.25. The van der Waals surface area contributed by atoms with Gasteiger partial charge in [0.2, 0.25) is 0 Å². The van der Waals surface area contributed by atoms with Gasteiger partial charge in [0.25, 0.3) is 0 Å². The first-order valence-electron chi connectivity index (χ1n) is 6.05. The van der Waals surface area contributed by atoms with Gasteiger partial charge in [-0.2, -0.15) is 0 Å². The molecular formula is C16H15ClOS. The molecule has 0 aromatic heterocycles. The van der Waals surface area contributed by atoms with Gasteiger partial charge in [0, 0.05) is 15.5 Å². The molecule has 0 aliphatic rings. The largest absolute Gasteiger partial charge is 0.293 e. The third kappa shape index (κ3) is 3.85. The summed E-state index contributed by atoms with van der Waals surface area (Å²) in [4.78, 5) is 13.2. The number of hydrogen-bond acceptors (Lipinski definition) is 2. The molecule has 0 atom stereocenters. The van der Waals surface area contributed by atoms with Crippen LogP contribution in [0.4, 0.5) is 0 Å². The lowest BCUT2D eigenvalue weighted by atomic mass is 10.1. The fraction of sp³-hybridized carbons (Fsp3) is 0.188. The monoisotopic (exact) mass is 290 g/mol. The number of aryl methyl sites for hydroxylation is 2. The third-order valence-electron chi connectivity index (χ3n) is 2.84. The molecule has 0 aliphatic heterocycles. The Bertz CT molecular complexity index is 607. The summed E-state index contributed by atoms with van der Waals surface area (Å²) in [5, 5.41) is 0.599. The molecule has 0 N–H and O–H groups in total. The van der Waals surface area contributed by atoms with Crippen LogP contribution in [0.15, 0.2) is 47.4 Å². The standard InChI is InChI=1S/C16H15ClOS/c1-11-6-7-16(12(2)8-11)19-10-15(18)13-4-3-5-14(17)9-13/h3-9H,10H2,1-2H3. The summed E-state index contributed by atoms with van der Waals surface area (Å²) in [6.07, 6.45) is 0. The van der Waals surface area contributed by atoms with E-state index in [2.05, 4.69) is 32.0 Å². The van der Waals surface area contributed by atoms with Crippen molar-refractivity contribution >= 4 is 29.1 Å². The number of rotatable bonds is 4. The molecule has 0 amide bonds. The van der Waals surface area contributed by atoms with Crippen molar-refractivity contribution in [3.8, 4) is 0 Å². The van der Waals surface area contributed by atoms with Crippen LogP contribution in [0, 0.1) is 13.8 Å². The second-order valence-corrected chi connectivity index (χ2v) is 5.94. The molecule has 1 nitrogen and oxygen atoms in total. The first kappa shape index (κ1) is 14.2. The second kappa shape index (κ2) is 6.27. The summed E-state index contributed by atoms with van der Waals surface area (Å²) < 4.78 is 0. The number of hydrogen-bond donors (Lipinski definition) is 0. The molecule has 0 spiro atoms. The summed E-state index contributed by atoms with van der Waals surface area (Å²) in [7, 11) is 0. The molecule has 19 heavy (non-hydrogen) atoms. The molecule has 2 rings (SSSR count). The van der Waals surface area contributed by atoms with E-state index in [9.17, 15) is 4.79 Å². The predicted molar refractivity (Wildman–Crippen MR) is 82.4 cm³/mol. The van der Waals surface area contributed by atoms with Gasteiger partial charge in [-0.15, -0.1) is 11.8 Å². The molecule has 0 bridgehead atoms. The number of carbonyl (C=O) groups excluding carboxylic acids is 1. The van der Waals surface area contributed by atoms with Crippen molar-refractivity contribution < 1.29 is 4.79 Å². The molecule has 0 unspecified atom stereocenters. The van der Waals surface area contributed by atoms with E-state index in [1.54, 1.807) is 36.0 Å². The van der Waals surface area contributed by atoms with E-state index in [1.165, 1.54) is 11.1 Å². The Morgan fingerprint density at radius 1 is 1.16 bits per heavy atom. The quantitative estimate of drug-likeness (QED) is 0.586. The fourth-order valence-electron chi connectivity index (χ4n) is 1.85. The van der Waals surface area contributed by atoms with E-state index < -0.39 is 0 Å². The van der Waals surface area contributed by atoms with E-state index in [4.69, 9.17) is 11.6 Å². The zero-order valence-electron chi connectivity index (χ0n) is 10.9. The van der Waals surface area contributed by atoms with Gasteiger partial charge in [0.05, 0.1) is 5.75 Å². The summed E-state index contributed by atoms with van der Waals surface area (Å²) >= 11 is 7.46. The number of Topliss-reactive ketones (excluding diaryl/α,β-unsaturated/α-hetero) is 1. The molecule has 2 aromatic rings. The molecule has 0 saturated heterocycles. The summed E-state index contributed by atoms with van der Waals surface area (Å²) in [6, 6.07) is 13.4. The van der Waals surface area contributed by atoms with E-state index in [-0.39, 0.29) is 5.78 Å². The van der Waals surface area contributed by atoms with Gasteiger partial charge in [-0.25, -0.2) is 0 Å². The van der Waals surface area contributed by atoms with Crippen LogP contribution < -0.4 is 0 Å². The normalized spacial score (nSPS) is 10.5. The lowest BCUT2D eigenvalue weighted by Crippen LogP contribution is -2.02. The van der Waals surface area contributed by atoms with Crippen molar-refractivity contribution in [2.75, 3.05) is 5.75 Å². The van der Waals surface area contributed by atoms with Gasteiger partial charge in [0.1, 0.15) is 0 Å². The minimum absolute atomic E-state index is 0.104. The van der Waals surface area contributed by atoms with Crippen molar-refractivity contribution in [1.29, 1.82) is 0 Å². The Morgan fingerprint density at radius 2 is 1.95 bits per heavy atom. The van der Waals surface area contributed by atoms with Crippen LogP contribution in [0.1, 0.15) is 21.5 Å². The highest BCUT2D eigenvalue weighted by Gasteiger charge is 2.08. The lowest BCUT2D eigenvalue weighted by Gasteiger charge is -2.06. The second-order valence-electron chi connectivity index (χ2n) is 4.49. The first-order chi connectivity index (χ1) is 9.06. The summed E-state index contributed by atoms with van der Waals surface area (Å²) in [6.45, 7) is 4.14. The average Bonchev–Trinajstić information content (AvgIpc) is 2.37. The molecule has 98 valence electrons. The highest BCUT2D eigenvalue weighted by molar-refractivity contribution is 8.00. The van der Waals surface area contributed by atoms with E-state index >= 15 is 0 Å². The van der Waals surface area contributed by atoms with Crippen LogP contribution in [-0.4, -0.2) is 11.5 Å². The van der Waals surface area contributed by atoms with Crippen LogP contribution >= 0.6 is 23.4 Å². The van der Waals surface area contributed by atoms with Gasteiger partial charge >= 0.3 is 0 Å². The molecule has 0 saturated carbocycles. The lowest BCUT2D eigenvalue weighted by molar-refractivity contribution is 0.102. The molecule has 3 heteroatoms. The van der Waals surface area contributed by atoms with Crippen molar-refractivity contribution in [2.45, 2.75) is 18.7 Å². The maximum absolute atomic E-state index is 12.1. The summed E-state index contributed by atoms with van der Waals surface area (Å²) in [5.74, 6) is 0.539. The Labute approximate surface area is 123 Å². The van der Waals surface area contributed by atoms with E-state index in [1.807, 2.05) is 0 Å². The molecule has 0 radical (unpaired) electrons. The fourth-order valence-corrected chi connectivity index (χ4v) is 2.94. The minimum atomic E-state index is 0.104. The van der Waals surface area contributed by atoms with Crippen LogP contribution in [0.25, 0.3) is 0 Å². The minimum Gasteiger partial charge on any atom is -0.293 e. The van der Waals surface area contributed by atoms with Gasteiger partial charge in [-0.1, -0.05) is 41.4 Å². The number of halogens is 1. The van der Waals surface area contributed by atoms with Gasteiger partial charge in [-0.3, -0.25) is 4.79 Å². The average molecular weight is 291 g/mol. The molecule has 2 aromatic carbocycles. The maximum atomic E-state index is 12.1. The number of carbonyl (C=O) groups is 1. The first-order valence-corrected chi connectivity index (χ1v) is 7.41. The highest BCUT2D eigenvalue weighted by Crippen LogP contribution is 2.24. The smallest absolute Gasteiger partial charge is 0.173 e. The zero-order valence-corrected chi connectivity index (χ0v) is 12.5. The van der Waals surface area contributed by atoms with Crippen molar-refractivity contribution in [3.63, 3.8) is 0 Å². The van der Waals surface area contributed by atoms with Crippen molar-refractivity contribution in [2.24, 2.45) is 0 Å². The van der Waals surface area contributed by atoms with E-state index in [0.717, 1.165) is 4.90 Å². The Kier molecular flexibility index (Phi) is 4.67.